The van der Waals surface area contributed by atoms with E-state index in [0.29, 0.717) is 0 Å². The Morgan fingerprint density at radius 2 is 1.09 bits per heavy atom. The third-order valence-electron chi connectivity index (χ3n) is 7.15. The third-order valence-corrected chi connectivity index (χ3v) is 7.15. The van der Waals surface area contributed by atoms with Gasteiger partial charge in [0, 0.05) is 0 Å². The van der Waals surface area contributed by atoms with E-state index in [1.54, 1.807) is 0 Å². The summed E-state index contributed by atoms with van der Waals surface area (Å²) in [4.78, 5) is 0. The quantitative estimate of drug-likeness (QED) is 0.175. The largest absolute Gasteiger partial charge is 0.494 e. The van der Waals surface area contributed by atoms with Gasteiger partial charge < -0.3 is 9.47 Å². The Balaban J connectivity index is 1.59. The number of unbranched alkanes of at least 4 members (excludes halogenated alkanes) is 9. The van der Waals surface area contributed by atoms with Crippen LogP contribution in [-0.4, -0.2) is 12.7 Å². The molecule has 0 N–H and O–H groups in total. The van der Waals surface area contributed by atoms with Gasteiger partial charge in [-0.3, -0.25) is 0 Å². The first-order valence-electron chi connectivity index (χ1n) is 14.6. The van der Waals surface area contributed by atoms with Crippen molar-refractivity contribution in [1.29, 1.82) is 0 Å². The van der Waals surface area contributed by atoms with Crippen LogP contribution in [0.4, 0.5) is 0 Å². The molecular weight excluding hydrogens is 428 g/mol. The van der Waals surface area contributed by atoms with Crippen molar-refractivity contribution in [2.24, 2.45) is 5.92 Å². The van der Waals surface area contributed by atoms with Crippen LogP contribution in [0.5, 0.6) is 11.5 Å². The van der Waals surface area contributed by atoms with Gasteiger partial charge >= 0.3 is 0 Å². The van der Waals surface area contributed by atoms with Crippen molar-refractivity contribution in [2.75, 3.05) is 6.61 Å². The predicted molar refractivity (Wildman–Crippen MR) is 153 cm³/mol. The molecular formula is C33H52O2. The van der Waals surface area contributed by atoms with E-state index in [4.69, 9.17) is 9.47 Å². The molecule has 1 unspecified atom stereocenters. The van der Waals surface area contributed by atoms with Crippen LogP contribution in [0.1, 0.15) is 118 Å². The fraction of sp³-hybridized carbons (Fsp3) is 0.636. The van der Waals surface area contributed by atoms with Crippen molar-refractivity contribution >= 4 is 0 Å². The maximum Gasteiger partial charge on any atom is 0.119 e. The van der Waals surface area contributed by atoms with Gasteiger partial charge in [-0.1, -0.05) is 116 Å². The SMILES string of the molecule is CCCCCC[C@@H](C)Oc1ccc(-c2ccc(OCCCCCCCCCC(C)CC)cc2)cc1. The summed E-state index contributed by atoms with van der Waals surface area (Å²) in [6, 6.07) is 17.0. The molecule has 196 valence electrons. The summed E-state index contributed by atoms with van der Waals surface area (Å²) in [6.07, 6.45) is 18.6. The van der Waals surface area contributed by atoms with E-state index in [0.717, 1.165) is 36.9 Å². The summed E-state index contributed by atoms with van der Waals surface area (Å²) in [5.74, 6) is 2.83. The smallest absolute Gasteiger partial charge is 0.119 e. The molecule has 0 amide bonds. The molecule has 0 aliphatic heterocycles. The molecule has 2 heteroatoms. The second-order valence-electron chi connectivity index (χ2n) is 10.5. The molecule has 0 heterocycles. The van der Waals surface area contributed by atoms with Gasteiger partial charge in [-0.05, 0) is 67.5 Å². The van der Waals surface area contributed by atoms with Crippen LogP contribution in [0, 0.1) is 5.92 Å². The second kappa shape index (κ2) is 18.3. The minimum atomic E-state index is 0.272. The number of hydrogen-bond acceptors (Lipinski definition) is 2. The molecule has 35 heavy (non-hydrogen) atoms. The third kappa shape index (κ3) is 13.1. The van der Waals surface area contributed by atoms with Crippen molar-refractivity contribution in [3.63, 3.8) is 0 Å². The van der Waals surface area contributed by atoms with E-state index in [1.807, 2.05) is 0 Å². The Labute approximate surface area is 216 Å². The fourth-order valence-electron chi connectivity index (χ4n) is 4.49. The summed E-state index contributed by atoms with van der Waals surface area (Å²) < 4.78 is 12.1. The molecule has 2 nitrogen and oxygen atoms in total. The number of rotatable bonds is 20. The summed E-state index contributed by atoms with van der Waals surface area (Å²) in [7, 11) is 0. The Kier molecular flexibility index (Phi) is 15.3. The van der Waals surface area contributed by atoms with Crippen molar-refractivity contribution in [1.82, 2.24) is 0 Å². The molecule has 0 aliphatic rings. The van der Waals surface area contributed by atoms with Crippen LogP contribution in [-0.2, 0) is 0 Å². The highest BCUT2D eigenvalue weighted by Gasteiger charge is 2.05. The Hall–Kier alpha value is -1.96. The molecule has 0 fully saturated rings. The molecule has 0 saturated heterocycles. The van der Waals surface area contributed by atoms with E-state index >= 15 is 0 Å². The number of hydrogen-bond donors (Lipinski definition) is 0. The van der Waals surface area contributed by atoms with Gasteiger partial charge in [-0.25, -0.2) is 0 Å². The zero-order chi connectivity index (χ0) is 25.1. The molecule has 0 aliphatic carbocycles. The van der Waals surface area contributed by atoms with Gasteiger partial charge in [0.1, 0.15) is 11.5 Å². The second-order valence-corrected chi connectivity index (χ2v) is 10.5. The molecule has 0 aromatic heterocycles. The predicted octanol–water partition coefficient (Wildman–Crippen LogP) is 10.6. The van der Waals surface area contributed by atoms with Crippen LogP contribution >= 0.6 is 0 Å². The van der Waals surface area contributed by atoms with E-state index in [-0.39, 0.29) is 6.10 Å². The first-order chi connectivity index (χ1) is 17.1. The van der Waals surface area contributed by atoms with Crippen LogP contribution in [0.15, 0.2) is 48.5 Å². The lowest BCUT2D eigenvalue weighted by atomic mass is 10.00. The number of benzene rings is 2. The van der Waals surface area contributed by atoms with E-state index < -0.39 is 0 Å². The number of ether oxygens (including phenoxy) is 2. The summed E-state index contributed by atoms with van der Waals surface area (Å²) in [5.41, 5.74) is 2.42. The Morgan fingerprint density at radius 3 is 1.69 bits per heavy atom. The van der Waals surface area contributed by atoms with E-state index in [1.165, 1.54) is 88.2 Å². The average molecular weight is 481 g/mol. The van der Waals surface area contributed by atoms with Crippen molar-refractivity contribution < 1.29 is 9.47 Å². The molecule has 2 aromatic carbocycles. The molecule has 2 atom stereocenters. The minimum Gasteiger partial charge on any atom is -0.494 e. The van der Waals surface area contributed by atoms with Crippen molar-refractivity contribution in [3.05, 3.63) is 48.5 Å². The highest BCUT2D eigenvalue weighted by Crippen LogP contribution is 2.25. The highest BCUT2D eigenvalue weighted by atomic mass is 16.5. The van der Waals surface area contributed by atoms with Crippen LogP contribution in [0.25, 0.3) is 11.1 Å². The summed E-state index contributed by atoms with van der Waals surface area (Å²) in [6.45, 7) is 9.91. The molecule has 2 rings (SSSR count). The van der Waals surface area contributed by atoms with E-state index in [2.05, 4.69) is 76.2 Å². The molecule has 2 aromatic rings. The Bertz CT molecular complexity index is 750. The molecule has 0 saturated carbocycles. The van der Waals surface area contributed by atoms with Crippen LogP contribution in [0.2, 0.25) is 0 Å². The lowest BCUT2D eigenvalue weighted by Gasteiger charge is -2.15. The zero-order valence-electron chi connectivity index (χ0n) is 23.2. The van der Waals surface area contributed by atoms with Gasteiger partial charge in [0.25, 0.3) is 0 Å². The van der Waals surface area contributed by atoms with Gasteiger partial charge in [0.2, 0.25) is 0 Å². The monoisotopic (exact) mass is 480 g/mol. The fourth-order valence-corrected chi connectivity index (χ4v) is 4.49. The first kappa shape index (κ1) is 29.3. The Morgan fingerprint density at radius 1 is 0.571 bits per heavy atom. The standard InChI is InChI=1S/C33H52O2/c1-5-7-8-15-18-29(4)35-33-25-21-31(22-26-33)30-19-23-32(24-20-30)34-27-16-13-11-9-10-12-14-17-28(3)6-2/h19-26,28-29H,5-18,27H2,1-4H3/t28?,29-/m1/s1. The van der Waals surface area contributed by atoms with Crippen LogP contribution < -0.4 is 9.47 Å². The summed E-state index contributed by atoms with van der Waals surface area (Å²) in [5, 5.41) is 0. The van der Waals surface area contributed by atoms with Gasteiger partial charge in [0.15, 0.2) is 0 Å². The van der Waals surface area contributed by atoms with Gasteiger partial charge in [0.05, 0.1) is 12.7 Å². The van der Waals surface area contributed by atoms with Crippen molar-refractivity contribution in [2.45, 2.75) is 124 Å². The minimum absolute atomic E-state index is 0.272. The first-order valence-corrected chi connectivity index (χ1v) is 14.6. The van der Waals surface area contributed by atoms with Gasteiger partial charge in [-0.2, -0.15) is 0 Å². The average Bonchev–Trinajstić information content (AvgIpc) is 2.88. The zero-order valence-corrected chi connectivity index (χ0v) is 23.2. The highest BCUT2D eigenvalue weighted by molar-refractivity contribution is 5.64. The maximum absolute atomic E-state index is 6.09. The van der Waals surface area contributed by atoms with E-state index in [9.17, 15) is 0 Å². The normalized spacial score (nSPS) is 12.9. The van der Waals surface area contributed by atoms with Crippen molar-refractivity contribution in [3.8, 4) is 22.6 Å². The topological polar surface area (TPSA) is 18.5 Å². The lowest BCUT2D eigenvalue weighted by molar-refractivity contribution is 0.206. The van der Waals surface area contributed by atoms with Gasteiger partial charge in [-0.15, -0.1) is 0 Å². The summed E-state index contributed by atoms with van der Waals surface area (Å²) >= 11 is 0. The lowest BCUT2D eigenvalue weighted by Crippen LogP contribution is -2.11. The maximum atomic E-state index is 6.09. The van der Waals surface area contributed by atoms with Crippen LogP contribution in [0.3, 0.4) is 0 Å². The molecule has 0 radical (unpaired) electrons. The molecule has 0 spiro atoms. The molecule has 0 bridgehead atoms.